The number of esters is 1. The number of benzene rings is 1. The summed E-state index contributed by atoms with van der Waals surface area (Å²) in [6, 6.07) is 6.32. The first-order valence-electron chi connectivity index (χ1n) is 9.16. The number of hydrogen-bond donors (Lipinski definition) is 1. The Morgan fingerprint density at radius 2 is 1.96 bits per heavy atom. The molecule has 0 saturated carbocycles. The fraction of sp³-hybridized carbons (Fsp3) is 0.391. The topological polar surface area (TPSA) is 63.6 Å². The second kappa shape index (κ2) is 8.23. The molecule has 0 aromatic heterocycles. The molecule has 0 fully saturated rings. The molecular formula is C23H27FO4. The van der Waals surface area contributed by atoms with Crippen molar-refractivity contribution in [1.29, 1.82) is 0 Å². The summed E-state index contributed by atoms with van der Waals surface area (Å²) in [4.78, 5) is 24.1. The maximum absolute atomic E-state index is 14.1. The van der Waals surface area contributed by atoms with Gasteiger partial charge in [0.05, 0.1) is 7.11 Å². The maximum Gasteiger partial charge on any atom is 0.330 e. The Morgan fingerprint density at radius 3 is 2.57 bits per heavy atom. The minimum atomic E-state index is -1.41. The predicted molar refractivity (Wildman–Crippen MR) is 106 cm³/mol. The van der Waals surface area contributed by atoms with E-state index < -0.39 is 17.0 Å². The van der Waals surface area contributed by atoms with Gasteiger partial charge in [0, 0.05) is 29.9 Å². The van der Waals surface area contributed by atoms with Crippen molar-refractivity contribution in [3.8, 4) is 0 Å². The highest BCUT2D eigenvalue weighted by Gasteiger charge is 2.49. The summed E-state index contributed by atoms with van der Waals surface area (Å²) in [5, 5.41) is 11.5. The first kappa shape index (κ1) is 21.8. The molecule has 1 aliphatic carbocycles. The zero-order valence-corrected chi connectivity index (χ0v) is 17.0. The van der Waals surface area contributed by atoms with Gasteiger partial charge in [0.25, 0.3) is 0 Å². The number of hydrogen-bond acceptors (Lipinski definition) is 4. The molecule has 0 aliphatic heterocycles. The quantitative estimate of drug-likeness (QED) is 0.470. The Hall–Kier alpha value is -2.53. The van der Waals surface area contributed by atoms with E-state index in [0.29, 0.717) is 22.3 Å². The van der Waals surface area contributed by atoms with Gasteiger partial charge in [-0.15, -0.1) is 0 Å². The first-order valence-corrected chi connectivity index (χ1v) is 9.16. The largest absolute Gasteiger partial charge is 0.466 e. The molecule has 1 atom stereocenters. The van der Waals surface area contributed by atoms with Crippen molar-refractivity contribution in [3.63, 3.8) is 0 Å². The van der Waals surface area contributed by atoms with Crippen LogP contribution in [0, 0.1) is 11.2 Å². The van der Waals surface area contributed by atoms with Gasteiger partial charge < -0.3 is 9.84 Å². The summed E-state index contributed by atoms with van der Waals surface area (Å²) in [5.74, 6) is -0.957. The molecule has 1 aromatic rings. The standard InChI is InChI=1S/C23H27FO4/c1-15(12-21(26)28-5)10-11-23(27)16(2)18(20(25)14-22(23,3)4)13-17-8-6-7-9-19(17)24/h6-12,27H,13-14H2,1-5H3/b11-10+,15-12-/t23-/m1/s1. The van der Waals surface area contributed by atoms with Crippen LogP contribution < -0.4 is 0 Å². The third-order valence-electron chi connectivity index (χ3n) is 5.45. The van der Waals surface area contributed by atoms with E-state index in [2.05, 4.69) is 4.74 Å². The van der Waals surface area contributed by atoms with Crippen molar-refractivity contribution in [2.24, 2.45) is 5.41 Å². The molecule has 5 heteroatoms. The zero-order valence-electron chi connectivity index (χ0n) is 17.0. The Bertz CT molecular complexity index is 876. The third kappa shape index (κ3) is 4.30. The van der Waals surface area contributed by atoms with Crippen LogP contribution in [0.2, 0.25) is 0 Å². The smallest absolute Gasteiger partial charge is 0.330 e. The summed E-state index contributed by atoms with van der Waals surface area (Å²) >= 11 is 0. The summed E-state index contributed by atoms with van der Waals surface area (Å²) in [7, 11) is 1.29. The average molecular weight is 386 g/mol. The second-order valence-electron chi connectivity index (χ2n) is 7.87. The number of halogens is 1. The molecule has 1 aromatic carbocycles. The lowest BCUT2D eigenvalue weighted by molar-refractivity contribution is -0.134. The molecule has 1 aliphatic rings. The van der Waals surface area contributed by atoms with Crippen molar-refractivity contribution in [3.05, 3.63) is 70.6 Å². The van der Waals surface area contributed by atoms with Crippen LogP contribution in [0.15, 0.2) is 59.2 Å². The number of rotatable bonds is 5. The molecule has 4 nitrogen and oxygen atoms in total. The molecule has 0 bridgehead atoms. The summed E-state index contributed by atoms with van der Waals surface area (Å²) in [6.45, 7) is 7.06. The monoisotopic (exact) mass is 386 g/mol. The van der Waals surface area contributed by atoms with Crippen LogP contribution >= 0.6 is 0 Å². The van der Waals surface area contributed by atoms with Crippen molar-refractivity contribution in [1.82, 2.24) is 0 Å². The lowest BCUT2D eigenvalue weighted by atomic mass is 9.62. The van der Waals surface area contributed by atoms with Gasteiger partial charge in [0.2, 0.25) is 0 Å². The fourth-order valence-corrected chi connectivity index (χ4v) is 3.55. The number of methoxy groups -OCH3 is 1. The van der Waals surface area contributed by atoms with Crippen LogP contribution in [0.5, 0.6) is 0 Å². The van der Waals surface area contributed by atoms with E-state index in [1.807, 2.05) is 13.8 Å². The fourth-order valence-electron chi connectivity index (χ4n) is 3.55. The van der Waals surface area contributed by atoms with Crippen LogP contribution in [-0.4, -0.2) is 29.6 Å². The van der Waals surface area contributed by atoms with Crippen LogP contribution in [0.3, 0.4) is 0 Å². The van der Waals surface area contributed by atoms with Gasteiger partial charge in [-0.2, -0.15) is 0 Å². The molecule has 28 heavy (non-hydrogen) atoms. The molecule has 0 heterocycles. The third-order valence-corrected chi connectivity index (χ3v) is 5.45. The predicted octanol–water partition coefficient (Wildman–Crippen LogP) is 4.09. The molecule has 0 spiro atoms. The van der Waals surface area contributed by atoms with Crippen molar-refractivity contribution in [2.75, 3.05) is 7.11 Å². The molecule has 0 saturated heterocycles. The van der Waals surface area contributed by atoms with E-state index in [1.54, 1.807) is 44.2 Å². The Kier molecular flexibility index (Phi) is 6.40. The van der Waals surface area contributed by atoms with Crippen molar-refractivity contribution >= 4 is 11.8 Å². The van der Waals surface area contributed by atoms with E-state index in [-0.39, 0.29) is 24.4 Å². The van der Waals surface area contributed by atoms with Crippen molar-refractivity contribution < 1.29 is 23.8 Å². The lowest BCUT2D eigenvalue weighted by Gasteiger charge is -2.45. The van der Waals surface area contributed by atoms with Crippen LogP contribution in [0.4, 0.5) is 4.39 Å². The van der Waals surface area contributed by atoms with Crippen molar-refractivity contribution in [2.45, 2.75) is 46.1 Å². The Morgan fingerprint density at radius 1 is 1.32 bits per heavy atom. The molecule has 150 valence electrons. The lowest BCUT2D eigenvalue weighted by Crippen LogP contribution is -2.49. The number of ether oxygens (including phenoxy) is 1. The van der Waals surface area contributed by atoms with Gasteiger partial charge in [0.1, 0.15) is 11.4 Å². The number of ketones is 1. The van der Waals surface area contributed by atoms with E-state index in [1.165, 1.54) is 19.3 Å². The molecule has 1 N–H and O–H groups in total. The highest BCUT2D eigenvalue weighted by Crippen LogP contribution is 2.47. The van der Waals surface area contributed by atoms with Gasteiger partial charge in [-0.05, 0) is 42.7 Å². The number of Topliss-reactive ketones (excluding diaryl/α,β-unsaturated/α-hetero) is 1. The normalized spacial score (nSPS) is 22.7. The highest BCUT2D eigenvalue weighted by atomic mass is 19.1. The Balaban J connectivity index is 2.49. The second-order valence-corrected chi connectivity index (χ2v) is 7.87. The van der Waals surface area contributed by atoms with Crippen LogP contribution in [0.25, 0.3) is 0 Å². The van der Waals surface area contributed by atoms with E-state index in [9.17, 15) is 19.1 Å². The number of carbonyl (C=O) groups excluding carboxylic acids is 2. The van der Waals surface area contributed by atoms with E-state index in [4.69, 9.17) is 0 Å². The highest BCUT2D eigenvalue weighted by molar-refractivity contribution is 5.98. The number of allylic oxidation sites excluding steroid dienone is 3. The molecular weight excluding hydrogens is 359 g/mol. The first-order chi connectivity index (χ1) is 13.0. The molecule has 2 rings (SSSR count). The van der Waals surface area contributed by atoms with Crippen LogP contribution in [-0.2, 0) is 20.7 Å². The average Bonchev–Trinajstić information content (AvgIpc) is 2.63. The molecule has 0 amide bonds. The van der Waals surface area contributed by atoms with Gasteiger partial charge in [-0.25, -0.2) is 9.18 Å². The Labute approximate surface area is 165 Å². The molecule has 0 radical (unpaired) electrons. The number of carbonyl (C=O) groups is 2. The number of aliphatic hydroxyl groups is 1. The van der Waals surface area contributed by atoms with E-state index in [0.717, 1.165) is 0 Å². The SMILES string of the molecule is COC(=O)/C=C(C)\C=C\[C@@]1(O)C(C)=C(Cc2ccccc2F)C(=O)CC1(C)C. The van der Waals surface area contributed by atoms with Crippen LogP contribution in [0.1, 0.15) is 39.7 Å². The summed E-state index contributed by atoms with van der Waals surface area (Å²) < 4.78 is 18.7. The minimum absolute atomic E-state index is 0.0920. The summed E-state index contributed by atoms with van der Waals surface area (Å²) in [6.07, 6.45) is 4.82. The van der Waals surface area contributed by atoms with Gasteiger partial charge in [-0.1, -0.05) is 38.1 Å². The summed E-state index contributed by atoms with van der Waals surface area (Å²) in [5.41, 5.74) is -0.221. The van der Waals surface area contributed by atoms with Gasteiger partial charge in [0.15, 0.2) is 5.78 Å². The van der Waals surface area contributed by atoms with Gasteiger partial charge in [-0.3, -0.25) is 4.79 Å². The molecule has 0 unspecified atom stereocenters. The zero-order chi connectivity index (χ0) is 21.1. The van der Waals surface area contributed by atoms with E-state index >= 15 is 0 Å². The van der Waals surface area contributed by atoms with Gasteiger partial charge >= 0.3 is 5.97 Å². The maximum atomic E-state index is 14.1. The minimum Gasteiger partial charge on any atom is -0.466 e.